The minimum atomic E-state index is -0.460. The Morgan fingerprint density at radius 1 is 1.04 bits per heavy atom. The van der Waals surface area contributed by atoms with Crippen LogP contribution in [0.4, 0.5) is 0 Å². The lowest BCUT2D eigenvalue weighted by atomic mass is 10.0. The number of hydrazine groups is 1. The van der Waals surface area contributed by atoms with Crippen molar-refractivity contribution in [3.63, 3.8) is 0 Å². The van der Waals surface area contributed by atoms with Crippen molar-refractivity contribution in [2.75, 3.05) is 0 Å². The van der Waals surface area contributed by atoms with Crippen LogP contribution >= 0.6 is 0 Å². The highest BCUT2D eigenvalue weighted by Gasteiger charge is 2.26. The van der Waals surface area contributed by atoms with Crippen molar-refractivity contribution in [3.05, 3.63) is 77.6 Å². The van der Waals surface area contributed by atoms with Crippen LogP contribution in [0.1, 0.15) is 46.2 Å². The van der Waals surface area contributed by atoms with E-state index >= 15 is 0 Å². The average Bonchev–Trinajstić information content (AvgIpc) is 3.59. The molecule has 1 aliphatic carbocycles. The lowest BCUT2D eigenvalue weighted by Gasteiger charge is -2.11. The standard InChI is InChI=1S/C21H21N5O2/c22-26-21(27)19-18(17-10-24-20(25-11-17)16-6-7-16)8-15(9-23-19)13-28-12-14-4-2-1-3-5-14/h1-5,8-11,16H,6-7,12-13,22H2,(H,26,27). The number of nitrogens with zero attached hydrogens (tertiary/aromatic N) is 3. The molecule has 1 aliphatic rings. The molecule has 0 radical (unpaired) electrons. The molecule has 1 fully saturated rings. The maximum absolute atomic E-state index is 12.1. The van der Waals surface area contributed by atoms with Crippen LogP contribution in [-0.4, -0.2) is 20.9 Å². The van der Waals surface area contributed by atoms with Crippen LogP contribution in [0, 0.1) is 0 Å². The first-order valence-corrected chi connectivity index (χ1v) is 9.18. The largest absolute Gasteiger partial charge is 0.372 e. The molecule has 7 heteroatoms. The van der Waals surface area contributed by atoms with Gasteiger partial charge in [0.15, 0.2) is 0 Å². The van der Waals surface area contributed by atoms with Gasteiger partial charge in [-0.3, -0.25) is 10.2 Å². The smallest absolute Gasteiger partial charge is 0.284 e. The Hall–Kier alpha value is -3.16. The number of aromatic nitrogens is 3. The van der Waals surface area contributed by atoms with Gasteiger partial charge in [0.2, 0.25) is 0 Å². The van der Waals surface area contributed by atoms with Gasteiger partial charge in [0.05, 0.1) is 13.2 Å². The van der Waals surface area contributed by atoms with Crippen molar-refractivity contribution in [1.29, 1.82) is 0 Å². The van der Waals surface area contributed by atoms with Gasteiger partial charge >= 0.3 is 0 Å². The quantitative estimate of drug-likeness (QED) is 0.374. The average molecular weight is 375 g/mol. The minimum Gasteiger partial charge on any atom is -0.372 e. The summed E-state index contributed by atoms with van der Waals surface area (Å²) in [7, 11) is 0. The Bertz CT molecular complexity index is 956. The number of amides is 1. The molecule has 28 heavy (non-hydrogen) atoms. The molecule has 2 aromatic heterocycles. The number of carbonyl (C=O) groups is 1. The number of carbonyl (C=O) groups excluding carboxylic acids is 1. The molecule has 3 aromatic rings. The molecular formula is C21H21N5O2. The fraction of sp³-hybridized carbons (Fsp3) is 0.238. The van der Waals surface area contributed by atoms with E-state index in [0.717, 1.165) is 35.4 Å². The first-order chi connectivity index (χ1) is 13.7. The number of benzene rings is 1. The van der Waals surface area contributed by atoms with Crippen LogP contribution in [0.2, 0.25) is 0 Å². The van der Waals surface area contributed by atoms with Crippen LogP contribution in [0.25, 0.3) is 11.1 Å². The van der Waals surface area contributed by atoms with Crippen molar-refractivity contribution < 1.29 is 9.53 Å². The second kappa shape index (κ2) is 8.24. The van der Waals surface area contributed by atoms with Gasteiger partial charge in [0, 0.05) is 35.6 Å². The molecule has 0 aliphatic heterocycles. The number of nitrogen functional groups attached to an aromatic ring is 1. The predicted molar refractivity (Wildman–Crippen MR) is 104 cm³/mol. The zero-order valence-electron chi connectivity index (χ0n) is 15.3. The Balaban J connectivity index is 1.55. The molecule has 7 nitrogen and oxygen atoms in total. The SMILES string of the molecule is NNC(=O)c1ncc(COCc2ccccc2)cc1-c1cnc(C2CC2)nc1. The first-order valence-electron chi connectivity index (χ1n) is 9.18. The van der Waals surface area contributed by atoms with E-state index in [0.29, 0.717) is 24.7 Å². The summed E-state index contributed by atoms with van der Waals surface area (Å²) in [5.74, 6) is 6.17. The summed E-state index contributed by atoms with van der Waals surface area (Å²) in [4.78, 5) is 25.3. The third-order valence-electron chi connectivity index (χ3n) is 4.60. The molecule has 2 heterocycles. The molecular weight excluding hydrogens is 354 g/mol. The maximum Gasteiger partial charge on any atom is 0.284 e. The van der Waals surface area contributed by atoms with E-state index in [2.05, 4.69) is 20.4 Å². The lowest BCUT2D eigenvalue weighted by Crippen LogP contribution is -2.31. The van der Waals surface area contributed by atoms with E-state index in [9.17, 15) is 4.79 Å². The Morgan fingerprint density at radius 2 is 1.75 bits per heavy atom. The maximum atomic E-state index is 12.1. The predicted octanol–water partition coefficient (Wildman–Crippen LogP) is 2.74. The first kappa shape index (κ1) is 18.2. The number of hydrogen-bond acceptors (Lipinski definition) is 6. The third kappa shape index (κ3) is 4.21. The molecule has 0 unspecified atom stereocenters. The van der Waals surface area contributed by atoms with E-state index in [4.69, 9.17) is 10.6 Å². The highest BCUT2D eigenvalue weighted by Crippen LogP contribution is 2.38. The van der Waals surface area contributed by atoms with E-state index in [1.807, 2.05) is 36.4 Å². The van der Waals surface area contributed by atoms with Gasteiger partial charge in [-0.1, -0.05) is 30.3 Å². The van der Waals surface area contributed by atoms with Gasteiger partial charge in [-0.15, -0.1) is 0 Å². The van der Waals surface area contributed by atoms with E-state index in [1.54, 1.807) is 18.6 Å². The monoisotopic (exact) mass is 375 g/mol. The second-order valence-corrected chi connectivity index (χ2v) is 6.80. The summed E-state index contributed by atoms with van der Waals surface area (Å²) in [5, 5.41) is 0. The van der Waals surface area contributed by atoms with Crippen LogP contribution in [0.5, 0.6) is 0 Å². The third-order valence-corrected chi connectivity index (χ3v) is 4.60. The van der Waals surface area contributed by atoms with Gasteiger partial charge in [0.1, 0.15) is 11.5 Å². The fourth-order valence-electron chi connectivity index (χ4n) is 2.95. The summed E-state index contributed by atoms with van der Waals surface area (Å²) >= 11 is 0. The fourth-order valence-corrected chi connectivity index (χ4v) is 2.95. The highest BCUT2D eigenvalue weighted by molar-refractivity contribution is 5.98. The van der Waals surface area contributed by atoms with Gasteiger partial charge < -0.3 is 4.74 Å². The molecule has 0 spiro atoms. The van der Waals surface area contributed by atoms with E-state index in [-0.39, 0.29) is 5.69 Å². The van der Waals surface area contributed by atoms with Crippen molar-refractivity contribution in [2.24, 2.45) is 5.84 Å². The summed E-state index contributed by atoms with van der Waals surface area (Å²) in [5.41, 5.74) is 5.68. The van der Waals surface area contributed by atoms with Crippen molar-refractivity contribution in [3.8, 4) is 11.1 Å². The van der Waals surface area contributed by atoms with Crippen molar-refractivity contribution in [1.82, 2.24) is 20.4 Å². The van der Waals surface area contributed by atoms with Gasteiger partial charge in [-0.25, -0.2) is 20.8 Å². The van der Waals surface area contributed by atoms with Crippen LogP contribution < -0.4 is 11.3 Å². The zero-order valence-corrected chi connectivity index (χ0v) is 15.3. The van der Waals surface area contributed by atoms with Crippen molar-refractivity contribution in [2.45, 2.75) is 32.0 Å². The second-order valence-electron chi connectivity index (χ2n) is 6.80. The Morgan fingerprint density at radius 3 is 2.43 bits per heavy atom. The molecule has 1 amide bonds. The van der Waals surface area contributed by atoms with Crippen LogP contribution in [0.3, 0.4) is 0 Å². The molecule has 1 aromatic carbocycles. The summed E-state index contributed by atoms with van der Waals surface area (Å²) in [6.45, 7) is 0.876. The summed E-state index contributed by atoms with van der Waals surface area (Å²) in [6.07, 6.45) is 7.36. The number of hydrogen-bond donors (Lipinski definition) is 2. The number of nitrogens with one attached hydrogen (secondary N) is 1. The summed E-state index contributed by atoms with van der Waals surface area (Å²) < 4.78 is 5.79. The van der Waals surface area contributed by atoms with E-state index < -0.39 is 5.91 Å². The van der Waals surface area contributed by atoms with Crippen LogP contribution in [-0.2, 0) is 18.0 Å². The molecule has 0 bridgehead atoms. The molecule has 142 valence electrons. The number of ether oxygens (including phenoxy) is 1. The number of rotatable bonds is 7. The Labute approximate surface area is 163 Å². The Kier molecular flexibility index (Phi) is 5.36. The topological polar surface area (TPSA) is 103 Å². The van der Waals surface area contributed by atoms with Gasteiger partial charge in [-0.2, -0.15) is 0 Å². The molecule has 1 saturated carbocycles. The number of pyridine rings is 1. The normalized spacial score (nSPS) is 13.3. The molecule has 0 saturated heterocycles. The molecule has 3 N–H and O–H groups in total. The van der Waals surface area contributed by atoms with Gasteiger partial charge in [0.25, 0.3) is 5.91 Å². The molecule has 4 rings (SSSR count). The highest BCUT2D eigenvalue weighted by atomic mass is 16.5. The van der Waals surface area contributed by atoms with Gasteiger partial charge in [-0.05, 0) is 30.0 Å². The van der Waals surface area contributed by atoms with E-state index in [1.165, 1.54) is 0 Å². The zero-order chi connectivity index (χ0) is 19.3. The minimum absolute atomic E-state index is 0.233. The summed E-state index contributed by atoms with van der Waals surface area (Å²) in [6, 6.07) is 11.8. The van der Waals surface area contributed by atoms with Crippen molar-refractivity contribution >= 4 is 5.91 Å². The van der Waals surface area contributed by atoms with Crippen LogP contribution in [0.15, 0.2) is 55.0 Å². The molecule has 0 atom stereocenters. The lowest BCUT2D eigenvalue weighted by molar-refractivity contribution is 0.0948. The number of nitrogens with two attached hydrogens (primary N) is 1.